The molecule has 0 aromatic heterocycles. The molecule has 0 aliphatic carbocycles. The molecule has 3 amide bonds. The highest BCUT2D eigenvalue weighted by Gasteiger charge is 2.50. The molecule has 0 spiro atoms. The van der Waals surface area contributed by atoms with Gasteiger partial charge in [-0.25, -0.2) is 4.79 Å². The van der Waals surface area contributed by atoms with Crippen molar-refractivity contribution >= 4 is 17.9 Å². The molecule has 2 saturated heterocycles. The van der Waals surface area contributed by atoms with E-state index >= 15 is 0 Å². The summed E-state index contributed by atoms with van der Waals surface area (Å²) in [5, 5.41) is 0. The third-order valence-electron chi connectivity index (χ3n) is 15.3. The predicted octanol–water partition coefficient (Wildman–Crippen LogP) is 15.0. The van der Waals surface area contributed by atoms with Crippen molar-refractivity contribution in [3.63, 3.8) is 0 Å². The molecule has 83 heavy (non-hydrogen) atoms. The van der Waals surface area contributed by atoms with Crippen molar-refractivity contribution in [2.75, 3.05) is 32.8 Å². The van der Waals surface area contributed by atoms with Crippen LogP contribution in [-0.2, 0) is 66.2 Å². The molecular formula is C61H62F12N4O6. The van der Waals surface area contributed by atoms with Gasteiger partial charge in [-0.15, -0.1) is 6.58 Å². The van der Waals surface area contributed by atoms with Crippen molar-refractivity contribution in [2.24, 2.45) is 0 Å². The van der Waals surface area contributed by atoms with Gasteiger partial charge in [-0.3, -0.25) is 14.5 Å². The lowest BCUT2D eigenvalue weighted by Crippen LogP contribution is -2.61. The number of hydrogen-bond donors (Lipinski definition) is 0. The Labute approximate surface area is 472 Å². The standard InChI is InChI=1S/C35H36F6N2O4.C26H26F6N2O2/c1-4-17-42(25(3)44)31-15-16-33(28-13-9-6-10-14-28,43(21-31)32(45)46-22-26-11-7-5-8-12-26)23-47-24(2)27-18-29(34(36,37)38)20-30(19-27)35(39,40)41;1-17(19-12-21(25(27,28)29)14-22(13-19)26(30,31)32)36-16-24(20-6-4-3-5-7-20)9-8-23-15-33(24)10-11-34(23)18(2)35/h4-14,18-20,24,31H,1,15-17,21-23H2,2-3H3;3-7,10-14,17,23H,8-9,15-16H2,1-2H3/t24-,31?,33-;17-,23?,24-/m11/s1. The second-order valence-corrected chi connectivity index (χ2v) is 20.8. The number of hydrogen-bond acceptors (Lipinski definition) is 7. The third-order valence-corrected chi connectivity index (χ3v) is 15.3. The summed E-state index contributed by atoms with van der Waals surface area (Å²) in [6, 6.07) is 29.6. The maximum absolute atomic E-state index is 14.0. The van der Waals surface area contributed by atoms with Gasteiger partial charge in [0, 0.05) is 51.9 Å². The number of carbonyl (C=O) groups is 3. The van der Waals surface area contributed by atoms with E-state index in [2.05, 4.69) is 11.5 Å². The molecule has 6 atom stereocenters. The quantitative estimate of drug-likeness (QED) is 0.0762. The molecule has 5 aromatic rings. The van der Waals surface area contributed by atoms with Crippen LogP contribution in [0, 0.1) is 0 Å². The molecule has 0 saturated carbocycles. The highest BCUT2D eigenvalue weighted by Crippen LogP contribution is 2.46. The second kappa shape index (κ2) is 25.7. The number of rotatable bonds is 15. The summed E-state index contributed by atoms with van der Waals surface area (Å²) in [7, 11) is 0. The van der Waals surface area contributed by atoms with Crippen LogP contribution in [0.5, 0.6) is 0 Å². The van der Waals surface area contributed by atoms with Crippen molar-refractivity contribution < 1.29 is 81.3 Å². The van der Waals surface area contributed by atoms with Gasteiger partial charge in [0.15, 0.2) is 0 Å². The number of carbonyl (C=O) groups excluding carboxylic acids is 3. The van der Waals surface area contributed by atoms with E-state index in [0.717, 1.165) is 11.1 Å². The van der Waals surface area contributed by atoms with E-state index in [1.165, 1.54) is 32.6 Å². The lowest BCUT2D eigenvalue weighted by molar-refractivity contribution is -0.145. The first-order chi connectivity index (χ1) is 39.0. The number of halogens is 12. The smallest absolute Gasteiger partial charge is 0.416 e. The zero-order valence-corrected chi connectivity index (χ0v) is 45.7. The summed E-state index contributed by atoms with van der Waals surface area (Å²) in [5.74, 6) is -0.299. The molecular weight excluding hydrogens is 1110 g/mol. The Balaban J connectivity index is 0.000000247. The molecule has 0 N–H and O–H groups in total. The Morgan fingerprint density at radius 1 is 0.614 bits per heavy atom. The number of benzene rings is 5. The van der Waals surface area contributed by atoms with E-state index in [4.69, 9.17) is 14.2 Å². The first kappa shape index (κ1) is 63.3. The van der Waals surface area contributed by atoms with Gasteiger partial charge in [-0.2, -0.15) is 52.7 Å². The van der Waals surface area contributed by atoms with Gasteiger partial charge < -0.3 is 28.9 Å². The third kappa shape index (κ3) is 15.1. The Morgan fingerprint density at radius 2 is 1.05 bits per heavy atom. The molecule has 2 fully saturated rings. The zero-order chi connectivity index (χ0) is 60.7. The van der Waals surface area contributed by atoms with Crippen molar-refractivity contribution in [1.29, 1.82) is 0 Å². The Kier molecular flexibility index (Phi) is 19.6. The SMILES string of the molecule is C=CCN(C(C)=O)C1CC[C@@](CO[C@H](C)c2cc(C(F)(F)F)cc(C(F)(F)F)c2)(c2ccccc2)N(C(=O)OCc2ccccc2)C1.CC(=O)N1C=CN2CC1CC[C@@]2(CO[C@H](C)c1cc(C(F)(F)F)cc(C(F)(F)F)c1)c1ccccc1. The van der Waals surface area contributed by atoms with Gasteiger partial charge in [0.1, 0.15) is 6.61 Å². The van der Waals surface area contributed by atoms with Crippen LogP contribution in [0.1, 0.15) is 116 Å². The fraction of sp³-hybridized carbons (Fsp3) is 0.393. The minimum atomic E-state index is -5.02. The number of amides is 3. The molecule has 446 valence electrons. The summed E-state index contributed by atoms with van der Waals surface area (Å²) in [6.07, 6.45) is -15.9. The fourth-order valence-electron chi connectivity index (χ4n) is 10.8. The van der Waals surface area contributed by atoms with E-state index in [1.807, 2.05) is 36.4 Å². The van der Waals surface area contributed by atoms with E-state index in [0.29, 0.717) is 55.6 Å². The second-order valence-electron chi connectivity index (χ2n) is 20.8. The van der Waals surface area contributed by atoms with Crippen LogP contribution >= 0.6 is 0 Å². The van der Waals surface area contributed by atoms with E-state index in [9.17, 15) is 67.1 Å². The average molecular weight is 1180 g/mol. The first-order valence-corrected chi connectivity index (χ1v) is 26.5. The van der Waals surface area contributed by atoms with E-state index in [-0.39, 0.29) is 80.4 Å². The van der Waals surface area contributed by atoms with Gasteiger partial charge >= 0.3 is 30.8 Å². The van der Waals surface area contributed by atoms with Gasteiger partial charge in [-0.1, -0.05) is 97.1 Å². The number of likely N-dealkylation sites (tertiary alicyclic amines) is 1. The van der Waals surface area contributed by atoms with Crippen LogP contribution in [0.25, 0.3) is 0 Å². The van der Waals surface area contributed by atoms with Crippen LogP contribution in [0.15, 0.2) is 152 Å². The zero-order valence-electron chi connectivity index (χ0n) is 45.7. The Hall–Kier alpha value is -7.33. The van der Waals surface area contributed by atoms with Gasteiger partial charge in [-0.05, 0) is 104 Å². The van der Waals surface area contributed by atoms with E-state index < -0.39 is 82.4 Å². The lowest BCUT2D eigenvalue weighted by atomic mass is 9.78. The van der Waals surface area contributed by atoms with Crippen LogP contribution in [-0.4, -0.2) is 82.4 Å². The van der Waals surface area contributed by atoms with Gasteiger partial charge in [0.25, 0.3) is 0 Å². The molecule has 2 unspecified atom stereocenters. The topological polar surface area (TPSA) is 91.9 Å². The van der Waals surface area contributed by atoms with Gasteiger partial charge in [0.05, 0.1) is 64.8 Å². The highest BCUT2D eigenvalue weighted by molar-refractivity contribution is 5.75. The van der Waals surface area contributed by atoms with Crippen molar-refractivity contribution in [2.45, 2.75) is 120 Å². The molecule has 8 rings (SSSR count). The summed E-state index contributed by atoms with van der Waals surface area (Å²) >= 11 is 0. The van der Waals surface area contributed by atoms with Crippen molar-refractivity contribution in [3.8, 4) is 0 Å². The molecule has 22 heteroatoms. The summed E-state index contributed by atoms with van der Waals surface area (Å²) < 4.78 is 180. The maximum Gasteiger partial charge on any atom is 0.416 e. The van der Waals surface area contributed by atoms with Crippen LogP contribution in [0.2, 0.25) is 0 Å². The monoisotopic (exact) mass is 1170 g/mol. The molecule has 5 aromatic carbocycles. The van der Waals surface area contributed by atoms with Crippen LogP contribution in [0.4, 0.5) is 57.5 Å². The largest absolute Gasteiger partial charge is 0.445 e. The van der Waals surface area contributed by atoms with Crippen LogP contribution in [0.3, 0.4) is 0 Å². The number of alkyl halides is 12. The van der Waals surface area contributed by atoms with Crippen LogP contribution < -0.4 is 0 Å². The predicted molar refractivity (Wildman–Crippen MR) is 283 cm³/mol. The molecule has 3 aliphatic heterocycles. The molecule has 10 nitrogen and oxygen atoms in total. The summed E-state index contributed by atoms with van der Waals surface area (Å²) in [6.45, 7) is 9.92. The minimum absolute atomic E-state index is 0.0233. The minimum Gasteiger partial charge on any atom is -0.445 e. The summed E-state index contributed by atoms with van der Waals surface area (Å²) in [4.78, 5) is 45.3. The highest BCUT2D eigenvalue weighted by atomic mass is 19.4. The molecule has 3 heterocycles. The van der Waals surface area contributed by atoms with Crippen molar-refractivity contribution in [3.05, 3.63) is 203 Å². The number of nitrogens with zero attached hydrogens (tertiary/aromatic N) is 4. The lowest BCUT2D eigenvalue weighted by Gasteiger charge is -2.53. The number of fused-ring (bicyclic) bond motifs is 2. The number of ether oxygens (including phenoxy) is 3. The number of piperidine rings is 2. The van der Waals surface area contributed by atoms with Crippen molar-refractivity contribution in [1.82, 2.24) is 19.6 Å². The first-order valence-electron chi connectivity index (χ1n) is 26.5. The normalized spacial score (nSPS) is 20.8. The molecule has 0 radical (unpaired) electrons. The maximum atomic E-state index is 14.0. The van der Waals surface area contributed by atoms with Gasteiger partial charge in [0.2, 0.25) is 11.8 Å². The molecule has 3 aliphatic rings. The Bertz CT molecular complexity index is 3000. The Morgan fingerprint density at radius 3 is 1.48 bits per heavy atom. The average Bonchev–Trinajstić information content (AvgIpc) is 3.59. The summed E-state index contributed by atoms with van der Waals surface area (Å²) in [5.41, 5.74) is -5.84. The fourth-order valence-corrected chi connectivity index (χ4v) is 10.8. The van der Waals surface area contributed by atoms with E-state index in [1.54, 1.807) is 82.9 Å². The molecule has 2 bridgehead atoms.